The van der Waals surface area contributed by atoms with Crippen LogP contribution in [-0.4, -0.2) is 66.3 Å². The van der Waals surface area contributed by atoms with E-state index < -0.39 is 0 Å². The Morgan fingerprint density at radius 1 is 1.17 bits per heavy atom. The molecule has 7 nitrogen and oxygen atoms in total. The van der Waals surface area contributed by atoms with Crippen LogP contribution in [0.1, 0.15) is 51.5 Å². The van der Waals surface area contributed by atoms with Crippen LogP contribution in [0.15, 0.2) is 29.4 Å². The molecule has 2 aliphatic rings. The van der Waals surface area contributed by atoms with Crippen molar-refractivity contribution in [1.29, 1.82) is 0 Å². The number of carbonyl (C=O) groups is 2. The van der Waals surface area contributed by atoms with Gasteiger partial charge in [0.1, 0.15) is 12.3 Å². The molecule has 3 rings (SSSR count). The van der Waals surface area contributed by atoms with Crippen molar-refractivity contribution < 1.29 is 14.3 Å². The average Bonchev–Trinajstić information content (AvgIpc) is 2.72. The van der Waals surface area contributed by atoms with E-state index in [1.54, 1.807) is 7.11 Å². The van der Waals surface area contributed by atoms with Gasteiger partial charge in [-0.25, -0.2) is 5.01 Å². The predicted octanol–water partition coefficient (Wildman–Crippen LogP) is 2.40. The van der Waals surface area contributed by atoms with E-state index in [0.29, 0.717) is 31.5 Å². The van der Waals surface area contributed by atoms with Crippen LogP contribution in [0, 0.1) is 0 Å². The number of ether oxygens (including phenoxy) is 1. The normalized spacial score (nSPS) is 22.9. The van der Waals surface area contributed by atoms with Gasteiger partial charge in [-0.2, -0.15) is 5.10 Å². The molecule has 1 saturated heterocycles. The number of nitrogens with one attached hydrogen (secondary N) is 1. The zero-order valence-corrected chi connectivity index (χ0v) is 17.7. The van der Waals surface area contributed by atoms with Crippen LogP contribution >= 0.6 is 0 Å². The van der Waals surface area contributed by atoms with Crippen LogP contribution in [0.2, 0.25) is 0 Å². The summed E-state index contributed by atoms with van der Waals surface area (Å²) in [5.41, 5.74) is 1.76. The Kier molecular flexibility index (Phi) is 7.25. The van der Waals surface area contributed by atoms with Gasteiger partial charge in [-0.3, -0.25) is 14.5 Å². The highest BCUT2D eigenvalue weighted by Crippen LogP contribution is 2.21. The molecule has 0 bridgehead atoms. The first kappa shape index (κ1) is 21.3. The van der Waals surface area contributed by atoms with Gasteiger partial charge in [-0.05, 0) is 56.5 Å². The van der Waals surface area contributed by atoms with E-state index in [1.807, 2.05) is 24.3 Å². The summed E-state index contributed by atoms with van der Waals surface area (Å²) in [5, 5.41) is 8.68. The molecule has 2 atom stereocenters. The SMILES string of the molecule is COc1ccc(C2=NN(CC(=O)NCCN3[C@H](C)CCC[C@H]3C)C(=O)CC2)cc1. The van der Waals surface area contributed by atoms with Gasteiger partial charge in [-0.15, -0.1) is 0 Å². The molecule has 1 N–H and O–H groups in total. The van der Waals surface area contributed by atoms with Crippen LogP contribution in [0.5, 0.6) is 5.75 Å². The van der Waals surface area contributed by atoms with Crippen LogP contribution in [0.25, 0.3) is 0 Å². The molecule has 2 amide bonds. The predicted molar refractivity (Wildman–Crippen MR) is 113 cm³/mol. The third kappa shape index (κ3) is 5.56. The Hall–Kier alpha value is -2.41. The van der Waals surface area contributed by atoms with Crippen molar-refractivity contribution in [2.75, 3.05) is 26.7 Å². The van der Waals surface area contributed by atoms with Crippen LogP contribution in [0.4, 0.5) is 0 Å². The smallest absolute Gasteiger partial charge is 0.243 e. The lowest BCUT2D eigenvalue weighted by Gasteiger charge is -2.39. The first-order valence-electron chi connectivity index (χ1n) is 10.5. The van der Waals surface area contributed by atoms with E-state index in [4.69, 9.17) is 4.74 Å². The number of hydrogen-bond acceptors (Lipinski definition) is 5. The number of piperidine rings is 1. The molecule has 0 aliphatic carbocycles. The van der Waals surface area contributed by atoms with Crippen molar-refractivity contribution >= 4 is 17.5 Å². The van der Waals surface area contributed by atoms with Crippen molar-refractivity contribution in [2.45, 2.75) is 58.0 Å². The summed E-state index contributed by atoms with van der Waals surface area (Å²) >= 11 is 0. The number of nitrogens with zero attached hydrogens (tertiary/aromatic N) is 3. The second-order valence-corrected chi connectivity index (χ2v) is 7.94. The summed E-state index contributed by atoms with van der Waals surface area (Å²) in [5.74, 6) is 0.487. The van der Waals surface area contributed by atoms with Gasteiger partial charge in [0, 0.05) is 38.0 Å². The minimum atomic E-state index is -0.171. The second-order valence-electron chi connectivity index (χ2n) is 7.94. The van der Waals surface area contributed by atoms with Crippen molar-refractivity contribution in [3.63, 3.8) is 0 Å². The Morgan fingerprint density at radius 3 is 2.52 bits per heavy atom. The highest BCUT2D eigenvalue weighted by molar-refractivity contribution is 6.04. The van der Waals surface area contributed by atoms with Crippen molar-refractivity contribution in [3.8, 4) is 5.75 Å². The molecule has 0 saturated carbocycles. The summed E-state index contributed by atoms with van der Waals surface area (Å²) in [4.78, 5) is 27.1. The fourth-order valence-electron chi connectivity index (χ4n) is 4.15. The second kappa shape index (κ2) is 9.87. The number of rotatable bonds is 7. The third-order valence-corrected chi connectivity index (χ3v) is 5.89. The van der Waals surface area contributed by atoms with Crippen molar-refractivity contribution in [2.24, 2.45) is 5.10 Å². The fraction of sp³-hybridized carbons (Fsp3) is 0.591. The number of hydrazone groups is 1. The zero-order chi connectivity index (χ0) is 20.8. The minimum Gasteiger partial charge on any atom is -0.497 e. The highest BCUT2D eigenvalue weighted by atomic mass is 16.5. The third-order valence-electron chi connectivity index (χ3n) is 5.89. The molecule has 0 aromatic heterocycles. The minimum absolute atomic E-state index is 0.0381. The molecule has 0 radical (unpaired) electrons. The summed E-state index contributed by atoms with van der Waals surface area (Å²) in [6.45, 7) is 5.88. The topological polar surface area (TPSA) is 74.2 Å². The van der Waals surface area contributed by atoms with Crippen LogP contribution in [-0.2, 0) is 9.59 Å². The number of methoxy groups -OCH3 is 1. The summed E-state index contributed by atoms with van der Waals surface area (Å²) in [6.07, 6.45) is 4.64. The van der Waals surface area contributed by atoms with Crippen LogP contribution < -0.4 is 10.1 Å². The average molecular weight is 401 g/mol. The molecule has 1 aromatic carbocycles. The molecular formula is C22H32N4O3. The largest absolute Gasteiger partial charge is 0.497 e. The molecule has 0 unspecified atom stereocenters. The van der Waals surface area contributed by atoms with Gasteiger partial charge >= 0.3 is 0 Å². The Bertz CT molecular complexity index is 737. The van der Waals surface area contributed by atoms with Crippen molar-refractivity contribution in [3.05, 3.63) is 29.8 Å². The van der Waals surface area contributed by atoms with Gasteiger partial charge in [0.2, 0.25) is 11.8 Å². The monoisotopic (exact) mass is 400 g/mol. The molecule has 0 spiro atoms. The van der Waals surface area contributed by atoms with E-state index in [9.17, 15) is 9.59 Å². The molecule has 2 aliphatic heterocycles. The van der Waals surface area contributed by atoms with E-state index in [2.05, 4.69) is 29.2 Å². The van der Waals surface area contributed by atoms with Gasteiger partial charge in [0.15, 0.2) is 0 Å². The van der Waals surface area contributed by atoms with Gasteiger partial charge in [0.05, 0.1) is 12.8 Å². The zero-order valence-electron chi connectivity index (χ0n) is 17.7. The molecule has 29 heavy (non-hydrogen) atoms. The van der Waals surface area contributed by atoms with Crippen LogP contribution in [0.3, 0.4) is 0 Å². The molecule has 7 heteroatoms. The number of carbonyl (C=O) groups excluding carboxylic acids is 2. The summed E-state index contributed by atoms with van der Waals surface area (Å²) in [6, 6.07) is 8.69. The molecule has 158 valence electrons. The number of benzene rings is 1. The molecule has 2 heterocycles. The van der Waals surface area contributed by atoms with E-state index in [0.717, 1.165) is 23.6 Å². The van der Waals surface area contributed by atoms with Crippen molar-refractivity contribution in [1.82, 2.24) is 15.2 Å². The lowest BCUT2D eigenvalue weighted by atomic mass is 9.98. The first-order chi connectivity index (χ1) is 14.0. The van der Waals surface area contributed by atoms with E-state index in [1.165, 1.54) is 24.3 Å². The lowest BCUT2D eigenvalue weighted by Crippen LogP contribution is -2.48. The van der Waals surface area contributed by atoms with Gasteiger partial charge < -0.3 is 10.1 Å². The van der Waals surface area contributed by atoms with E-state index in [-0.39, 0.29) is 18.4 Å². The Balaban J connectivity index is 1.53. The van der Waals surface area contributed by atoms with Gasteiger partial charge in [-0.1, -0.05) is 6.42 Å². The summed E-state index contributed by atoms with van der Waals surface area (Å²) < 4.78 is 5.18. The molecule has 1 fully saturated rings. The maximum atomic E-state index is 12.4. The number of hydrogen-bond donors (Lipinski definition) is 1. The lowest BCUT2D eigenvalue weighted by molar-refractivity contribution is -0.136. The number of amides is 2. The molecular weight excluding hydrogens is 368 g/mol. The Morgan fingerprint density at radius 2 is 1.86 bits per heavy atom. The Labute approximate surface area is 173 Å². The molecule has 1 aromatic rings. The maximum absolute atomic E-state index is 12.4. The highest BCUT2D eigenvalue weighted by Gasteiger charge is 2.25. The maximum Gasteiger partial charge on any atom is 0.243 e. The quantitative estimate of drug-likeness (QED) is 0.763. The van der Waals surface area contributed by atoms with Gasteiger partial charge in [0.25, 0.3) is 0 Å². The summed E-state index contributed by atoms with van der Waals surface area (Å²) in [7, 11) is 1.62. The number of likely N-dealkylation sites (tertiary alicyclic amines) is 1. The fourth-order valence-corrected chi connectivity index (χ4v) is 4.15. The first-order valence-corrected chi connectivity index (χ1v) is 10.5. The standard InChI is InChI=1S/C22H32N4O3/c1-16-5-4-6-17(2)25(16)14-13-23-21(27)15-26-22(28)12-11-20(24-26)18-7-9-19(29-3)10-8-18/h7-10,16-17H,4-6,11-15H2,1-3H3,(H,23,27)/t16-,17-/m1/s1. The van der Waals surface area contributed by atoms with E-state index >= 15 is 0 Å².